The maximum Gasteiger partial charge on any atom is 0.339 e. The lowest BCUT2D eigenvalue weighted by molar-refractivity contribution is 0.0516. The minimum absolute atomic E-state index is 0.104. The second kappa shape index (κ2) is 11.0. The molecule has 0 aliphatic heterocycles. The molecule has 6 nitrogen and oxygen atoms in total. The van der Waals surface area contributed by atoms with Gasteiger partial charge in [-0.1, -0.05) is 34.8 Å². The van der Waals surface area contributed by atoms with E-state index in [1.54, 1.807) is 26.8 Å². The number of carbonyl (C=O) groups excluding carboxylic acids is 2. The van der Waals surface area contributed by atoms with Crippen molar-refractivity contribution in [2.45, 2.75) is 20.8 Å². The van der Waals surface area contributed by atoms with Gasteiger partial charge in [0.1, 0.15) is 5.15 Å². The van der Waals surface area contributed by atoms with Crippen molar-refractivity contribution in [3.63, 3.8) is 0 Å². The van der Waals surface area contributed by atoms with Crippen molar-refractivity contribution in [3.8, 4) is 0 Å². The van der Waals surface area contributed by atoms with E-state index in [9.17, 15) is 9.59 Å². The number of esters is 2. The van der Waals surface area contributed by atoms with E-state index in [0.717, 1.165) is 0 Å². The molecule has 2 aromatic heterocycles. The predicted octanol–water partition coefficient (Wildman–Crippen LogP) is 4.79. The van der Waals surface area contributed by atoms with Crippen LogP contribution < -0.4 is 0 Å². The van der Waals surface area contributed by atoms with Crippen LogP contribution in [0.4, 0.5) is 0 Å². The zero-order chi connectivity index (χ0) is 19.7. The topological polar surface area (TPSA) is 78.4 Å². The first kappa shape index (κ1) is 22.2. The highest BCUT2D eigenvalue weighted by molar-refractivity contribution is 6.43. The molecule has 0 bridgehead atoms. The van der Waals surface area contributed by atoms with E-state index < -0.39 is 11.9 Å². The van der Waals surface area contributed by atoms with Crippen molar-refractivity contribution in [1.82, 2.24) is 9.97 Å². The average molecular weight is 420 g/mol. The van der Waals surface area contributed by atoms with Crippen molar-refractivity contribution >= 4 is 46.7 Å². The fourth-order valence-electron chi connectivity index (χ4n) is 1.70. The zero-order valence-corrected chi connectivity index (χ0v) is 16.7. The third-order valence-electron chi connectivity index (χ3n) is 2.90. The third-order valence-corrected chi connectivity index (χ3v) is 4.14. The Bertz CT molecular complexity index is 719. The number of pyridine rings is 2. The molecule has 0 amide bonds. The Hall–Kier alpha value is -1.89. The van der Waals surface area contributed by atoms with Gasteiger partial charge in [0.25, 0.3) is 0 Å². The number of ether oxygens (including phenoxy) is 2. The molecule has 0 fully saturated rings. The highest BCUT2D eigenvalue weighted by Crippen LogP contribution is 2.23. The van der Waals surface area contributed by atoms with E-state index >= 15 is 0 Å². The van der Waals surface area contributed by atoms with E-state index in [-0.39, 0.29) is 15.7 Å². The van der Waals surface area contributed by atoms with E-state index in [0.29, 0.717) is 29.5 Å². The highest BCUT2D eigenvalue weighted by Gasteiger charge is 2.14. The van der Waals surface area contributed by atoms with Gasteiger partial charge in [-0.25, -0.2) is 14.6 Å². The van der Waals surface area contributed by atoms with Gasteiger partial charge < -0.3 is 9.47 Å². The standard InChI is InChI=1S/C9H10ClNO2.C8H7Cl2NO2/c1-3-13-9(12)7-4-5-11-6(2)8(7)10;1-2-13-8(12)5-3-4-11-7(10)6(5)9/h4-5H,3H2,1-2H3;3-4H,2H2,1H3. The van der Waals surface area contributed by atoms with Crippen LogP contribution in [0.15, 0.2) is 24.5 Å². The van der Waals surface area contributed by atoms with Crippen molar-refractivity contribution in [3.05, 3.63) is 56.5 Å². The molecule has 0 saturated heterocycles. The van der Waals surface area contributed by atoms with Crippen LogP contribution in [0.1, 0.15) is 40.3 Å². The molecule has 2 aromatic rings. The number of rotatable bonds is 4. The van der Waals surface area contributed by atoms with Crippen molar-refractivity contribution < 1.29 is 19.1 Å². The van der Waals surface area contributed by atoms with Gasteiger partial charge in [-0.2, -0.15) is 0 Å². The van der Waals surface area contributed by atoms with Crippen molar-refractivity contribution in [1.29, 1.82) is 0 Å². The van der Waals surface area contributed by atoms with Gasteiger partial charge in [0.15, 0.2) is 0 Å². The lowest BCUT2D eigenvalue weighted by atomic mass is 10.2. The smallest absolute Gasteiger partial charge is 0.339 e. The Morgan fingerprint density at radius 3 is 1.85 bits per heavy atom. The molecule has 9 heteroatoms. The quantitative estimate of drug-likeness (QED) is 0.524. The molecule has 0 atom stereocenters. The maximum absolute atomic E-state index is 11.3. The summed E-state index contributed by atoms with van der Waals surface area (Å²) >= 11 is 17.2. The maximum atomic E-state index is 11.3. The van der Waals surface area contributed by atoms with Gasteiger partial charge in [0.2, 0.25) is 0 Å². The SMILES string of the molecule is CCOC(=O)c1ccnc(C)c1Cl.CCOC(=O)c1ccnc(Cl)c1Cl. The number of carbonyl (C=O) groups is 2. The van der Waals surface area contributed by atoms with Gasteiger partial charge in [-0.05, 0) is 32.9 Å². The Balaban J connectivity index is 0.000000260. The van der Waals surface area contributed by atoms with E-state index in [4.69, 9.17) is 44.3 Å². The second-order valence-corrected chi connectivity index (χ2v) is 5.78. The molecule has 26 heavy (non-hydrogen) atoms. The Kier molecular flexibility index (Phi) is 9.34. The second-order valence-electron chi connectivity index (χ2n) is 4.66. The van der Waals surface area contributed by atoms with E-state index in [1.807, 2.05) is 0 Å². The zero-order valence-electron chi connectivity index (χ0n) is 14.4. The number of halogens is 3. The molecule has 0 radical (unpaired) electrons. The monoisotopic (exact) mass is 418 g/mol. The molecular formula is C17H17Cl3N2O4. The van der Waals surface area contributed by atoms with Crippen molar-refractivity contribution in [2.24, 2.45) is 0 Å². The summed E-state index contributed by atoms with van der Waals surface area (Å²) in [5, 5.41) is 0.593. The summed E-state index contributed by atoms with van der Waals surface area (Å²) < 4.78 is 9.57. The number of aromatic nitrogens is 2. The third kappa shape index (κ3) is 6.12. The van der Waals surface area contributed by atoms with E-state index in [1.165, 1.54) is 18.5 Å². The normalized spacial score (nSPS) is 9.77. The average Bonchev–Trinajstić information content (AvgIpc) is 2.60. The molecule has 0 saturated carbocycles. The molecule has 0 aromatic carbocycles. The first-order valence-corrected chi connectivity index (χ1v) is 8.72. The molecule has 0 aliphatic carbocycles. The largest absolute Gasteiger partial charge is 0.462 e. The molecule has 0 aliphatic rings. The fourth-order valence-corrected chi connectivity index (χ4v) is 2.24. The molecule has 0 unspecified atom stereocenters. The molecule has 0 N–H and O–H groups in total. The van der Waals surface area contributed by atoms with Crippen LogP contribution in [0.2, 0.25) is 15.2 Å². The van der Waals surface area contributed by atoms with Crippen LogP contribution in [-0.2, 0) is 9.47 Å². The van der Waals surface area contributed by atoms with Crippen molar-refractivity contribution in [2.75, 3.05) is 13.2 Å². The van der Waals surface area contributed by atoms with Gasteiger partial charge >= 0.3 is 11.9 Å². The lowest BCUT2D eigenvalue weighted by Gasteiger charge is -2.04. The van der Waals surface area contributed by atoms with Crippen LogP contribution in [0, 0.1) is 6.92 Å². The molecule has 2 heterocycles. The summed E-state index contributed by atoms with van der Waals surface area (Å²) in [5.41, 5.74) is 1.24. The van der Waals surface area contributed by atoms with Gasteiger partial charge in [0.05, 0.1) is 40.1 Å². The Morgan fingerprint density at radius 1 is 0.885 bits per heavy atom. The molecule has 0 spiro atoms. The Labute approximate surface area is 166 Å². The van der Waals surface area contributed by atoms with Crippen LogP contribution in [-0.4, -0.2) is 35.1 Å². The minimum Gasteiger partial charge on any atom is -0.462 e. The summed E-state index contributed by atoms with van der Waals surface area (Å²) in [4.78, 5) is 30.2. The lowest BCUT2D eigenvalue weighted by Crippen LogP contribution is -2.06. The summed E-state index contributed by atoms with van der Waals surface area (Å²) in [6.45, 7) is 5.85. The summed E-state index contributed by atoms with van der Waals surface area (Å²) in [6.07, 6.45) is 2.94. The summed E-state index contributed by atoms with van der Waals surface area (Å²) in [6, 6.07) is 3.01. The summed E-state index contributed by atoms with van der Waals surface area (Å²) in [7, 11) is 0. The molecular weight excluding hydrogens is 403 g/mol. The van der Waals surface area contributed by atoms with Crippen LogP contribution in [0.3, 0.4) is 0 Å². The number of nitrogens with zero attached hydrogens (tertiary/aromatic N) is 2. The van der Waals surface area contributed by atoms with Gasteiger partial charge in [-0.15, -0.1) is 0 Å². The predicted molar refractivity (Wildman–Crippen MR) is 100 cm³/mol. The minimum atomic E-state index is -0.489. The highest BCUT2D eigenvalue weighted by atomic mass is 35.5. The first-order valence-electron chi connectivity index (χ1n) is 7.58. The van der Waals surface area contributed by atoms with E-state index in [2.05, 4.69) is 9.97 Å². The van der Waals surface area contributed by atoms with Gasteiger partial charge in [-0.3, -0.25) is 4.98 Å². The van der Waals surface area contributed by atoms with Gasteiger partial charge in [0, 0.05) is 12.4 Å². The number of hydrogen-bond donors (Lipinski definition) is 0. The molecule has 140 valence electrons. The molecule has 2 rings (SSSR count). The Morgan fingerprint density at radius 2 is 1.35 bits per heavy atom. The summed E-state index contributed by atoms with van der Waals surface area (Å²) in [5.74, 6) is -0.894. The number of hydrogen-bond acceptors (Lipinski definition) is 6. The van der Waals surface area contributed by atoms with Crippen LogP contribution in [0.25, 0.3) is 0 Å². The van der Waals surface area contributed by atoms with Crippen LogP contribution >= 0.6 is 34.8 Å². The first-order chi connectivity index (χ1) is 12.3. The fraction of sp³-hybridized carbons (Fsp3) is 0.294. The number of aryl methyl sites for hydroxylation is 1. The van der Waals surface area contributed by atoms with Crippen LogP contribution in [0.5, 0.6) is 0 Å².